The molecule has 2 aromatic carbocycles. The molecule has 0 radical (unpaired) electrons. The smallest absolute Gasteiger partial charge is 0.126 e. The van der Waals surface area contributed by atoms with E-state index in [2.05, 4.69) is 36.9 Å². The van der Waals surface area contributed by atoms with E-state index in [0.29, 0.717) is 5.75 Å². The largest absolute Gasteiger partial charge is 0.496 e. The van der Waals surface area contributed by atoms with E-state index in [0.717, 1.165) is 16.9 Å². The first-order valence-electron chi connectivity index (χ1n) is 7.11. The molecule has 1 atom stereocenters. The first-order chi connectivity index (χ1) is 9.95. The lowest BCUT2D eigenvalue weighted by Gasteiger charge is -2.26. The molecule has 0 fully saturated rings. The minimum Gasteiger partial charge on any atom is -0.496 e. The zero-order valence-corrected chi connectivity index (χ0v) is 13.3. The predicted molar refractivity (Wildman–Crippen MR) is 87.6 cm³/mol. The van der Waals surface area contributed by atoms with Crippen LogP contribution in [-0.4, -0.2) is 19.3 Å². The zero-order valence-electron chi connectivity index (χ0n) is 13.3. The van der Waals surface area contributed by atoms with Crippen molar-refractivity contribution < 1.29 is 9.84 Å². The van der Waals surface area contributed by atoms with Gasteiger partial charge in [0, 0.05) is 18.3 Å². The summed E-state index contributed by atoms with van der Waals surface area (Å²) in [5, 5.41) is 10.1. The van der Waals surface area contributed by atoms with Gasteiger partial charge in [-0.2, -0.15) is 0 Å². The van der Waals surface area contributed by atoms with Crippen molar-refractivity contribution in [3.8, 4) is 5.75 Å². The molecule has 0 heterocycles. The molecular formula is C18H23NO2. The van der Waals surface area contributed by atoms with E-state index in [4.69, 9.17) is 4.74 Å². The van der Waals surface area contributed by atoms with Crippen molar-refractivity contribution in [2.45, 2.75) is 26.9 Å². The van der Waals surface area contributed by atoms with Crippen molar-refractivity contribution >= 4 is 11.4 Å². The highest BCUT2D eigenvalue weighted by Crippen LogP contribution is 2.37. The van der Waals surface area contributed by atoms with Gasteiger partial charge in [0.1, 0.15) is 5.75 Å². The van der Waals surface area contributed by atoms with Crippen LogP contribution in [0.1, 0.15) is 29.7 Å². The summed E-state index contributed by atoms with van der Waals surface area (Å²) >= 11 is 0. The predicted octanol–water partition coefficient (Wildman–Crippen LogP) is 4.13. The van der Waals surface area contributed by atoms with Crippen LogP contribution in [0.25, 0.3) is 0 Å². The van der Waals surface area contributed by atoms with Gasteiger partial charge in [-0.05, 0) is 44.5 Å². The van der Waals surface area contributed by atoms with Crippen LogP contribution in [0.5, 0.6) is 5.75 Å². The Labute approximate surface area is 126 Å². The number of aliphatic hydroxyl groups excluding tert-OH is 1. The number of aryl methyl sites for hydroxylation is 2. The Hall–Kier alpha value is -2.00. The normalized spacial score (nSPS) is 12.1. The van der Waals surface area contributed by atoms with Gasteiger partial charge >= 0.3 is 0 Å². The number of aliphatic hydroxyl groups is 1. The van der Waals surface area contributed by atoms with Gasteiger partial charge in [0.25, 0.3) is 0 Å². The number of methoxy groups -OCH3 is 1. The van der Waals surface area contributed by atoms with Crippen molar-refractivity contribution in [2.75, 3.05) is 19.1 Å². The Morgan fingerprint density at radius 2 is 1.81 bits per heavy atom. The average Bonchev–Trinajstić information content (AvgIpc) is 2.45. The number of benzene rings is 2. The maximum absolute atomic E-state index is 10.1. The number of ether oxygens (including phenoxy) is 1. The van der Waals surface area contributed by atoms with E-state index in [1.165, 1.54) is 11.1 Å². The third-order valence-electron chi connectivity index (χ3n) is 3.76. The molecule has 0 saturated carbocycles. The van der Waals surface area contributed by atoms with E-state index in [1.54, 1.807) is 14.0 Å². The molecule has 0 amide bonds. The van der Waals surface area contributed by atoms with Gasteiger partial charge in [-0.15, -0.1) is 0 Å². The average molecular weight is 285 g/mol. The van der Waals surface area contributed by atoms with Crippen molar-refractivity contribution in [1.29, 1.82) is 0 Å². The van der Waals surface area contributed by atoms with E-state index in [9.17, 15) is 5.11 Å². The molecule has 0 aliphatic rings. The Morgan fingerprint density at radius 1 is 1.10 bits per heavy atom. The molecule has 2 rings (SSSR count). The maximum atomic E-state index is 10.1. The first-order valence-corrected chi connectivity index (χ1v) is 7.11. The summed E-state index contributed by atoms with van der Waals surface area (Å²) in [6, 6.07) is 12.2. The minimum absolute atomic E-state index is 0.593. The van der Waals surface area contributed by atoms with Crippen molar-refractivity contribution in [2.24, 2.45) is 0 Å². The molecular weight excluding hydrogens is 262 g/mol. The van der Waals surface area contributed by atoms with Gasteiger partial charge in [0.2, 0.25) is 0 Å². The summed E-state index contributed by atoms with van der Waals surface area (Å²) in [7, 11) is 3.64. The van der Waals surface area contributed by atoms with Gasteiger partial charge in [-0.25, -0.2) is 0 Å². The summed E-state index contributed by atoms with van der Waals surface area (Å²) in [5.41, 5.74) is 5.33. The van der Waals surface area contributed by atoms with Crippen LogP contribution in [-0.2, 0) is 0 Å². The maximum Gasteiger partial charge on any atom is 0.126 e. The number of nitrogens with zero attached hydrogens (tertiary/aromatic N) is 1. The molecule has 3 nitrogen and oxygen atoms in total. The molecule has 0 unspecified atom stereocenters. The first kappa shape index (κ1) is 15.4. The van der Waals surface area contributed by atoms with Gasteiger partial charge in [0.05, 0.1) is 18.9 Å². The van der Waals surface area contributed by atoms with Crippen molar-refractivity contribution in [1.82, 2.24) is 0 Å². The summed E-state index contributed by atoms with van der Waals surface area (Å²) in [6.07, 6.45) is -0.593. The second-order valence-corrected chi connectivity index (χ2v) is 5.42. The molecule has 112 valence electrons. The summed E-state index contributed by atoms with van der Waals surface area (Å²) in [6.45, 7) is 5.95. The summed E-state index contributed by atoms with van der Waals surface area (Å²) in [4.78, 5) is 2.10. The van der Waals surface area contributed by atoms with Gasteiger partial charge in [0.15, 0.2) is 0 Å². The quantitative estimate of drug-likeness (QED) is 0.916. The van der Waals surface area contributed by atoms with Crippen LogP contribution < -0.4 is 9.64 Å². The lowest BCUT2D eigenvalue weighted by molar-refractivity contribution is 0.195. The lowest BCUT2D eigenvalue weighted by atomic mass is 10.0. The fraction of sp³-hybridized carbons (Fsp3) is 0.333. The molecule has 0 aliphatic carbocycles. The van der Waals surface area contributed by atoms with Crippen LogP contribution in [0, 0.1) is 13.8 Å². The molecule has 0 saturated heterocycles. The molecule has 1 N–H and O–H groups in total. The van der Waals surface area contributed by atoms with Crippen LogP contribution in [0.3, 0.4) is 0 Å². The lowest BCUT2D eigenvalue weighted by Crippen LogP contribution is -2.14. The molecule has 2 aromatic rings. The summed E-state index contributed by atoms with van der Waals surface area (Å²) in [5.74, 6) is 0.708. The fourth-order valence-corrected chi connectivity index (χ4v) is 2.73. The van der Waals surface area contributed by atoms with E-state index in [-0.39, 0.29) is 0 Å². The number of anilines is 2. The van der Waals surface area contributed by atoms with Crippen LogP contribution in [0.15, 0.2) is 36.4 Å². The Bertz CT molecular complexity index is 635. The molecule has 0 aliphatic heterocycles. The third kappa shape index (κ3) is 3.03. The Morgan fingerprint density at radius 3 is 2.38 bits per heavy atom. The summed E-state index contributed by atoms with van der Waals surface area (Å²) < 4.78 is 5.40. The number of hydrogen-bond donors (Lipinski definition) is 1. The Kier molecular flexibility index (Phi) is 4.53. The van der Waals surface area contributed by atoms with Crippen LogP contribution in [0.4, 0.5) is 11.4 Å². The highest BCUT2D eigenvalue weighted by molar-refractivity contribution is 5.71. The molecule has 0 aromatic heterocycles. The standard InChI is InChI=1S/C18H23NO2/c1-12-9-10-15(13(2)11-12)19(4)16-7-6-8-17(21-5)18(16)14(3)20/h6-11,14,20H,1-5H3/t14-/m0/s1. The molecule has 21 heavy (non-hydrogen) atoms. The monoisotopic (exact) mass is 285 g/mol. The van der Waals surface area contributed by atoms with E-state index < -0.39 is 6.10 Å². The zero-order chi connectivity index (χ0) is 15.6. The van der Waals surface area contributed by atoms with Gasteiger partial charge < -0.3 is 14.7 Å². The Balaban J connectivity index is 2.55. The highest BCUT2D eigenvalue weighted by Gasteiger charge is 2.18. The second-order valence-electron chi connectivity index (χ2n) is 5.42. The van der Waals surface area contributed by atoms with Gasteiger partial charge in [-0.1, -0.05) is 23.8 Å². The van der Waals surface area contributed by atoms with Gasteiger partial charge in [-0.3, -0.25) is 0 Å². The minimum atomic E-state index is -0.593. The topological polar surface area (TPSA) is 32.7 Å². The fourth-order valence-electron chi connectivity index (χ4n) is 2.73. The number of hydrogen-bond acceptors (Lipinski definition) is 3. The number of rotatable bonds is 4. The van der Waals surface area contributed by atoms with E-state index in [1.807, 2.05) is 25.2 Å². The SMILES string of the molecule is COc1cccc(N(C)c2ccc(C)cc2C)c1[C@H](C)O. The molecule has 0 bridgehead atoms. The second kappa shape index (κ2) is 6.19. The molecule has 0 spiro atoms. The highest BCUT2D eigenvalue weighted by atomic mass is 16.5. The van der Waals surface area contributed by atoms with Crippen LogP contribution >= 0.6 is 0 Å². The van der Waals surface area contributed by atoms with E-state index >= 15 is 0 Å². The van der Waals surface area contributed by atoms with Crippen molar-refractivity contribution in [3.63, 3.8) is 0 Å². The van der Waals surface area contributed by atoms with Crippen molar-refractivity contribution in [3.05, 3.63) is 53.1 Å². The van der Waals surface area contributed by atoms with Crippen LogP contribution in [0.2, 0.25) is 0 Å². The molecule has 3 heteroatoms. The third-order valence-corrected chi connectivity index (χ3v) is 3.76.